The van der Waals surface area contributed by atoms with Gasteiger partial charge in [-0.05, 0) is 53.1 Å². The smallest absolute Gasteiger partial charge is 0.497 e. The van der Waals surface area contributed by atoms with Crippen molar-refractivity contribution in [3.63, 3.8) is 0 Å². The molecule has 4 rings (SSSR count). The summed E-state index contributed by atoms with van der Waals surface area (Å²) < 4.78 is 53.6. The second-order valence-electron chi connectivity index (χ2n) is 7.20. The molecule has 0 bridgehead atoms. The molecular formula is C24H20F3N3O4. The van der Waals surface area contributed by atoms with Crippen molar-refractivity contribution in [1.29, 1.82) is 0 Å². The number of hydrogen-bond acceptors (Lipinski definition) is 6. The molecule has 0 aliphatic rings. The minimum Gasteiger partial charge on any atom is -0.497 e. The Bertz CT molecular complexity index is 1220. The molecule has 0 aliphatic heterocycles. The van der Waals surface area contributed by atoms with Crippen LogP contribution < -0.4 is 14.2 Å². The van der Waals surface area contributed by atoms with E-state index in [1.165, 1.54) is 24.3 Å². The standard InChI is InChI=1S/C24H20F3N3O4/c1-32-19-8-2-16(3-9-19)14-30-23(22(15-31)28-29-30)33-20-10-4-17(5-11-20)18-6-12-21(13-7-18)34-24(25,26)27/h2-13,31H,14-15H2,1H3. The van der Waals surface area contributed by atoms with Gasteiger partial charge in [0.1, 0.15) is 17.2 Å². The number of methoxy groups -OCH3 is 1. The van der Waals surface area contributed by atoms with E-state index >= 15 is 0 Å². The van der Waals surface area contributed by atoms with E-state index < -0.39 is 6.36 Å². The van der Waals surface area contributed by atoms with Gasteiger partial charge in [0.15, 0.2) is 5.69 Å². The summed E-state index contributed by atoms with van der Waals surface area (Å²) in [5.74, 6) is 1.23. The number of halogens is 3. The van der Waals surface area contributed by atoms with Crippen LogP contribution in [0.2, 0.25) is 0 Å². The van der Waals surface area contributed by atoms with Crippen molar-refractivity contribution in [2.45, 2.75) is 19.5 Å². The molecule has 34 heavy (non-hydrogen) atoms. The zero-order valence-corrected chi connectivity index (χ0v) is 18.0. The molecule has 0 atom stereocenters. The van der Waals surface area contributed by atoms with Gasteiger partial charge < -0.3 is 19.3 Å². The number of nitrogens with zero attached hydrogens (tertiary/aromatic N) is 3. The summed E-state index contributed by atoms with van der Waals surface area (Å²) in [6, 6.07) is 20.0. The zero-order chi connectivity index (χ0) is 24.1. The summed E-state index contributed by atoms with van der Waals surface area (Å²) in [7, 11) is 1.59. The monoisotopic (exact) mass is 471 g/mol. The third kappa shape index (κ3) is 5.65. The Morgan fingerprint density at radius 2 is 1.38 bits per heavy atom. The molecular weight excluding hydrogens is 451 g/mol. The first-order valence-electron chi connectivity index (χ1n) is 10.1. The Morgan fingerprint density at radius 1 is 0.824 bits per heavy atom. The number of ether oxygens (including phenoxy) is 3. The van der Waals surface area contributed by atoms with Crippen molar-refractivity contribution >= 4 is 0 Å². The van der Waals surface area contributed by atoms with Crippen LogP contribution in [0.15, 0.2) is 72.8 Å². The normalized spacial score (nSPS) is 11.3. The molecule has 176 valence electrons. The molecule has 0 saturated heterocycles. The number of alkyl halides is 3. The highest BCUT2D eigenvalue weighted by atomic mass is 19.4. The van der Waals surface area contributed by atoms with E-state index in [4.69, 9.17) is 9.47 Å². The summed E-state index contributed by atoms with van der Waals surface area (Å²) in [6.45, 7) is 0.0269. The van der Waals surface area contributed by atoms with E-state index in [2.05, 4.69) is 15.0 Å². The Labute approximate surface area is 192 Å². The summed E-state index contributed by atoms with van der Waals surface area (Å²) in [6.07, 6.45) is -4.73. The number of aliphatic hydroxyl groups excluding tert-OH is 1. The van der Waals surface area contributed by atoms with Crippen LogP contribution >= 0.6 is 0 Å². The van der Waals surface area contributed by atoms with Crippen LogP contribution in [0.1, 0.15) is 11.3 Å². The Morgan fingerprint density at radius 3 is 1.91 bits per heavy atom. The molecule has 0 aliphatic carbocycles. The van der Waals surface area contributed by atoms with Gasteiger partial charge in [-0.15, -0.1) is 18.3 Å². The minimum atomic E-state index is -4.73. The SMILES string of the molecule is COc1ccc(Cn2nnc(CO)c2Oc2ccc(-c3ccc(OC(F)(F)F)cc3)cc2)cc1. The predicted octanol–water partition coefficient (Wildman–Crippen LogP) is 5.19. The highest BCUT2D eigenvalue weighted by Crippen LogP contribution is 2.30. The van der Waals surface area contributed by atoms with Gasteiger partial charge in [-0.25, -0.2) is 4.68 Å². The lowest BCUT2D eigenvalue weighted by Gasteiger charge is -2.11. The van der Waals surface area contributed by atoms with Crippen LogP contribution in [0.5, 0.6) is 23.1 Å². The molecule has 0 unspecified atom stereocenters. The van der Waals surface area contributed by atoms with Crippen LogP contribution in [0.3, 0.4) is 0 Å². The fourth-order valence-electron chi connectivity index (χ4n) is 3.23. The Balaban J connectivity index is 1.49. The maximum absolute atomic E-state index is 12.3. The van der Waals surface area contributed by atoms with Gasteiger partial charge in [-0.1, -0.05) is 41.6 Å². The molecule has 0 saturated carbocycles. The molecule has 4 aromatic rings. The van der Waals surface area contributed by atoms with E-state index in [1.807, 2.05) is 24.3 Å². The molecule has 10 heteroatoms. The molecule has 0 spiro atoms. The predicted molar refractivity (Wildman–Crippen MR) is 117 cm³/mol. The second kappa shape index (κ2) is 9.84. The van der Waals surface area contributed by atoms with Gasteiger partial charge in [-0.2, -0.15) is 0 Å². The maximum Gasteiger partial charge on any atom is 0.573 e. The van der Waals surface area contributed by atoms with Crippen molar-refractivity contribution in [2.75, 3.05) is 7.11 Å². The lowest BCUT2D eigenvalue weighted by Crippen LogP contribution is -2.16. The molecule has 1 heterocycles. The topological polar surface area (TPSA) is 78.6 Å². The quantitative estimate of drug-likeness (QED) is 0.381. The molecule has 1 N–H and O–H groups in total. The first-order chi connectivity index (χ1) is 16.3. The zero-order valence-electron chi connectivity index (χ0n) is 18.0. The lowest BCUT2D eigenvalue weighted by atomic mass is 10.1. The fourth-order valence-corrected chi connectivity index (χ4v) is 3.23. The minimum absolute atomic E-state index is 0.287. The highest BCUT2D eigenvalue weighted by Gasteiger charge is 2.31. The van der Waals surface area contributed by atoms with E-state index in [1.54, 1.807) is 36.1 Å². The van der Waals surface area contributed by atoms with Gasteiger partial charge in [0, 0.05) is 0 Å². The third-order valence-corrected chi connectivity index (χ3v) is 4.89. The summed E-state index contributed by atoms with van der Waals surface area (Å²) in [5, 5.41) is 17.7. The van der Waals surface area contributed by atoms with Gasteiger partial charge in [-0.3, -0.25) is 0 Å². The molecule has 7 nitrogen and oxygen atoms in total. The average molecular weight is 471 g/mol. The third-order valence-electron chi connectivity index (χ3n) is 4.89. The summed E-state index contributed by atoms with van der Waals surface area (Å²) in [5.41, 5.74) is 2.72. The van der Waals surface area contributed by atoms with Gasteiger partial charge >= 0.3 is 6.36 Å². The van der Waals surface area contributed by atoms with Crippen molar-refractivity contribution in [3.05, 3.63) is 84.1 Å². The van der Waals surface area contributed by atoms with Crippen molar-refractivity contribution in [3.8, 4) is 34.3 Å². The van der Waals surface area contributed by atoms with Crippen molar-refractivity contribution in [1.82, 2.24) is 15.0 Å². The lowest BCUT2D eigenvalue weighted by molar-refractivity contribution is -0.274. The molecule has 3 aromatic carbocycles. The summed E-state index contributed by atoms with van der Waals surface area (Å²) >= 11 is 0. The van der Waals surface area contributed by atoms with Gasteiger partial charge in [0.05, 0.1) is 20.3 Å². The van der Waals surface area contributed by atoms with Gasteiger partial charge in [0.25, 0.3) is 0 Å². The second-order valence-corrected chi connectivity index (χ2v) is 7.20. The molecule has 0 fully saturated rings. The van der Waals surface area contributed by atoms with Crippen molar-refractivity contribution < 1.29 is 32.5 Å². The number of aliphatic hydroxyl groups is 1. The van der Waals surface area contributed by atoms with Gasteiger partial charge in [0.2, 0.25) is 5.88 Å². The number of rotatable bonds is 8. The fraction of sp³-hybridized carbons (Fsp3) is 0.167. The maximum atomic E-state index is 12.3. The summed E-state index contributed by atoms with van der Waals surface area (Å²) in [4.78, 5) is 0. The number of aromatic nitrogens is 3. The van der Waals surface area contributed by atoms with E-state index in [0.717, 1.165) is 16.9 Å². The first kappa shape index (κ1) is 23.1. The van der Waals surface area contributed by atoms with Crippen LogP contribution in [-0.4, -0.2) is 33.6 Å². The highest BCUT2D eigenvalue weighted by molar-refractivity contribution is 5.65. The first-order valence-corrected chi connectivity index (χ1v) is 10.1. The van der Waals surface area contributed by atoms with Crippen LogP contribution in [-0.2, 0) is 13.2 Å². The Kier molecular flexibility index (Phi) is 6.69. The largest absolute Gasteiger partial charge is 0.573 e. The van der Waals surface area contributed by atoms with Crippen LogP contribution in [0.4, 0.5) is 13.2 Å². The number of benzene rings is 3. The molecule has 0 radical (unpaired) electrons. The average Bonchev–Trinajstić information content (AvgIpc) is 3.20. The molecule has 0 amide bonds. The van der Waals surface area contributed by atoms with Crippen LogP contribution in [0, 0.1) is 0 Å². The van der Waals surface area contributed by atoms with E-state index in [9.17, 15) is 18.3 Å². The Hall–Kier alpha value is -4.05. The molecule has 1 aromatic heterocycles. The number of hydrogen-bond donors (Lipinski definition) is 1. The van der Waals surface area contributed by atoms with Crippen LogP contribution in [0.25, 0.3) is 11.1 Å². The van der Waals surface area contributed by atoms with E-state index in [0.29, 0.717) is 23.7 Å². The van der Waals surface area contributed by atoms with Crippen molar-refractivity contribution in [2.24, 2.45) is 0 Å². The van der Waals surface area contributed by atoms with E-state index in [-0.39, 0.29) is 18.1 Å².